The first-order valence-electron chi connectivity index (χ1n) is 9.48. The van der Waals surface area contributed by atoms with Gasteiger partial charge in [0.15, 0.2) is 0 Å². The molecule has 0 saturated carbocycles. The number of carbonyl (C=O) groups is 2. The predicted molar refractivity (Wildman–Crippen MR) is 102 cm³/mol. The highest BCUT2D eigenvalue weighted by Crippen LogP contribution is 2.41. The molecular weight excluding hydrogens is 364 g/mol. The van der Waals surface area contributed by atoms with E-state index in [0.717, 1.165) is 24.0 Å². The maximum absolute atomic E-state index is 12.9. The van der Waals surface area contributed by atoms with Crippen LogP contribution in [-0.4, -0.2) is 47.6 Å². The lowest BCUT2D eigenvalue weighted by Crippen LogP contribution is -2.53. The molecule has 4 rings (SSSR count). The standard InChI is InChI=1S/C20H24N2O4S/c1-14-2-4-15(5-3-14)10-11-27(25,26)22-16-6-7-17(22)13-18(12-16)21-19(23)8-9-20(21)24/h2-5,10-11,16-18H,6-9,12-13H2,1H3/b11-10+/t16-,17-/m0/s1. The van der Waals surface area contributed by atoms with Crippen LogP contribution in [0.2, 0.25) is 0 Å². The summed E-state index contributed by atoms with van der Waals surface area (Å²) in [4.78, 5) is 25.5. The average Bonchev–Trinajstić information content (AvgIpc) is 3.11. The molecule has 1 aromatic rings. The van der Waals surface area contributed by atoms with E-state index in [2.05, 4.69) is 0 Å². The molecule has 3 heterocycles. The molecule has 27 heavy (non-hydrogen) atoms. The Labute approximate surface area is 159 Å². The number of hydrogen-bond donors (Lipinski definition) is 0. The van der Waals surface area contributed by atoms with Crippen LogP contribution < -0.4 is 0 Å². The van der Waals surface area contributed by atoms with Crippen LogP contribution in [0.4, 0.5) is 0 Å². The molecule has 0 spiro atoms. The lowest BCUT2D eigenvalue weighted by Gasteiger charge is -2.40. The molecule has 0 unspecified atom stereocenters. The van der Waals surface area contributed by atoms with E-state index in [0.29, 0.717) is 12.8 Å². The number of piperidine rings is 1. The maximum atomic E-state index is 12.9. The predicted octanol–water partition coefficient (Wildman–Crippen LogP) is 2.44. The van der Waals surface area contributed by atoms with Crippen molar-refractivity contribution in [3.05, 3.63) is 40.8 Å². The van der Waals surface area contributed by atoms with Crippen molar-refractivity contribution in [3.63, 3.8) is 0 Å². The molecule has 7 heteroatoms. The zero-order valence-corrected chi connectivity index (χ0v) is 16.2. The van der Waals surface area contributed by atoms with Gasteiger partial charge >= 0.3 is 0 Å². The summed E-state index contributed by atoms with van der Waals surface area (Å²) in [6, 6.07) is 7.26. The van der Waals surface area contributed by atoms with E-state index in [1.165, 1.54) is 10.3 Å². The third-order valence-corrected chi connectivity index (χ3v) is 7.56. The molecule has 144 valence electrons. The van der Waals surface area contributed by atoms with Crippen LogP contribution in [0.25, 0.3) is 6.08 Å². The largest absolute Gasteiger partial charge is 0.279 e. The number of aryl methyl sites for hydroxylation is 1. The summed E-state index contributed by atoms with van der Waals surface area (Å²) < 4.78 is 27.5. The van der Waals surface area contributed by atoms with Gasteiger partial charge in [-0.1, -0.05) is 29.8 Å². The topological polar surface area (TPSA) is 74.8 Å². The normalized spacial score (nSPS) is 29.2. The molecule has 2 atom stereocenters. The van der Waals surface area contributed by atoms with Crippen LogP contribution in [0.5, 0.6) is 0 Å². The van der Waals surface area contributed by atoms with E-state index >= 15 is 0 Å². The molecule has 6 nitrogen and oxygen atoms in total. The van der Waals surface area contributed by atoms with Crippen molar-refractivity contribution in [1.29, 1.82) is 0 Å². The quantitative estimate of drug-likeness (QED) is 0.743. The van der Waals surface area contributed by atoms with E-state index in [9.17, 15) is 18.0 Å². The monoisotopic (exact) mass is 388 g/mol. The first kappa shape index (κ1) is 18.4. The minimum Gasteiger partial charge on any atom is -0.279 e. The highest BCUT2D eigenvalue weighted by Gasteiger charge is 2.49. The van der Waals surface area contributed by atoms with Gasteiger partial charge in [0.2, 0.25) is 21.8 Å². The van der Waals surface area contributed by atoms with Crippen molar-refractivity contribution in [1.82, 2.24) is 9.21 Å². The number of sulfonamides is 1. The molecule has 3 aliphatic heterocycles. The minimum atomic E-state index is -3.54. The van der Waals surface area contributed by atoms with E-state index in [1.54, 1.807) is 10.4 Å². The third-order valence-electron chi connectivity index (χ3n) is 5.90. The van der Waals surface area contributed by atoms with Crippen LogP contribution in [0.3, 0.4) is 0 Å². The Kier molecular flexibility index (Phi) is 4.68. The van der Waals surface area contributed by atoms with Crippen LogP contribution in [0, 0.1) is 6.92 Å². The summed E-state index contributed by atoms with van der Waals surface area (Å²) in [5.41, 5.74) is 1.97. The van der Waals surface area contributed by atoms with Crippen LogP contribution in [-0.2, 0) is 19.6 Å². The highest BCUT2D eigenvalue weighted by molar-refractivity contribution is 7.92. The van der Waals surface area contributed by atoms with Gasteiger partial charge in [0, 0.05) is 36.4 Å². The summed E-state index contributed by atoms with van der Waals surface area (Å²) in [7, 11) is -3.54. The van der Waals surface area contributed by atoms with Crippen LogP contribution in [0.1, 0.15) is 49.7 Å². The van der Waals surface area contributed by atoms with Crippen molar-refractivity contribution in [2.75, 3.05) is 0 Å². The van der Waals surface area contributed by atoms with Gasteiger partial charge in [-0.2, -0.15) is 4.31 Å². The summed E-state index contributed by atoms with van der Waals surface area (Å²) in [6.45, 7) is 1.99. The number of benzene rings is 1. The van der Waals surface area contributed by atoms with Gasteiger partial charge in [0.05, 0.1) is 0 Å². The van der Waals surface area contributed by atoms with E-state index in [1.807, 2.05) is 31.2 Å². The van der Waals surface area contributed by atoms with Gasteiger partial charge in [-0.15, -0.1) is 0 Å². The van der Waals surface area contributed by atoms with Crippen molar-refractivity contribution >= 4 is 27.9 Å². The molecule has 3 aliphatic rings. The lowest BCUT2D eigenvalue weighted by molar-refractivity contribution is -0.142. The Bertz CT molecular complexity index is 861. The summed E-state index contributed by atoms with van der Waals surface area (Å²) in [6.07, 6.45) is 4.87. The Morgan fingerprint density at radius 1 is 0.926 bits per heavy atom. The minimum absolute atomic E-state index is 0.111. The zero-order chi connectivity index (χ0) is 19.2. The number of carbonyl (C=O) groups excluding carboxylic acids is 2. The third kappa shape index (κ3) is 3.46. The van der Waals surface area contributed by atoms with Crippen molar-refractivity contribution < 1.29 is 18.0 Å². The number of fused-ring (bicyclic) bond motifs is 2. The van der Waals surface area contributed by atoms with E-state index in [4.69, 9.17) is 0 Å². The summed E-state index contributed by atoms with van der Waals surface area (Å²) in [5, 5.41) is 1.29. The number of nitrogens with zero attached hydrogens (tertiary/aromatic N) is 2. The number of amides is 2. The van der Waals surface area contributed by atoms with Gasteiger partial charge in [-0.25, -0.2) is 8.42 Å². The summed E-state index contributed by atoms with van der Waals surface area (Å²) in [5.74, 6) is -0.222. The van der Waals surface area contributed by atoms with Gasteiger partial charge in [-0.05, 0) is 44.2 Å². The van der Waals surface area contributed by atoms with E-state index in [-0.39, 0.29) is 42.8 Å². The Hall–Kier alpha value is -1.99. The number of rotatable bonds is 4. The first-order chi connectivity index (χ1) is 12.8. The number of hydrogen-bond acceptors (Lipinski definition) is 4. The average molecular weight is 388 g/mol. The Morgan fingerprint density at radius 2 is 1.48 bits per heavy atom. The molecule has 0 radical (unpaired) electrons. The van der Waals surface area contributed by atoms with Crippen LogP contribution >= 0.6 is 0 Å². The smallest absolute Gasteiger partial charge is 0.236 e. The molecule has 0 aliphatic carbocycles. The number of imide groups is 1. The molecule has 1 aromatic carbocycles. The first-order valence-corrected chi connectivity index (χ1v) is 11.0. The molecule has 2 amide bonds. The van der Waals surface area contributed by atoms with Crippen molar-refractivity contribution in [2.45, 2.75) is 63.6 Å². The second-order valence-corrected chi connectivity index (χ2v) is 9.48. The maximum Gasteiger partial charge on any atom is 0.236 e. The molecule has 0 N–H and O–H groups in total. The molecule has 0 aromatic heterocycles. The molecule has 2 bridgehead atoms. The number of likely N-dealkylation sites (tertiary alicyclic amines) is 1. The van der Waals surface area contributed by atoms with Crippen molar-refractivity contribution in [3.8, 4) is 0 Å². The van der Waals surface area contributed by atoms with Crippen LogP contribution in [0.15, 0.2) is 29.7 Å². The van der Waals surface area contributed by atoms with Gasteiger partial charge < -0.3 is 0 Å². The zero-order valence-electron chi connectivity index (χ0n) is 15.4. The van der Waals surface area contributed by atoms with Gasteiger partial charge in [0.25, 0.3) is 0 Å². The fraction of sp³-hybridized carbons (Fsp3) is 0.500. The Balaban J connectivity index is 1.51. The fourth-order valence-electron chi connectivity index (χ4n) is 4.65. The molecular formula is C20H24N2O4S. The fourth-order valence-corrected chi connectivity index (χ4v) is 6.33. The lowest BCUT2D eigenvalue weighted by atomic mass is 9.98. The van der Waals surface area contributed by atoms with Crippen molar-refractivity contribution in [2.24, 2.45) is 0 Å². The second-order valence-electron chi connectivity index (χ2n) is 7.76. The molecule has 3 saturated heterocycles. The highest BCUT2D eigenvalue weighted by atomic mass is 32.2. The van der Waals surface area contributed by atoms with Gasteiger partial charge in [-0.3, -0.25) is 14.5 Å². The SMILES string of the molecule is Cc1ccc(/C=C/S(=O)(=O)N2[C@H]3CC[C@H]2CC(N2C(=O)CCC2=O)C3)cc1. The Morgan fingerprint density at radius 3 is 2.04 bits per heavy atom. The van der Waals surface area contributed by atoms with E-state index < -0.39 is 10.0 Å². The van der Waals surface area contributed by atoms with Gasteiger partial charge in [0.1, 0.15) is 0 Å². The molecule has 3 fully saturated rings. The summed E-state index contributed by atoms with van der Waals surface area (Å²) >= 11 is 0. The second kappa shape index (κ2) is 6.87.